The topological polar surface area (TPSA) is 17.1 Å². The smallest absolute Gasteiger partial charge is 0.132 e. The minimum Gasteiger partial charge on any atom is -0.300 e. The highest BCUT2D eigenvalue weighted by atomic mass is 16.1. The molecule has 0 aliphatic rings. The first kappa shape index (κ1) is 33.7. The Kier molecular flexibility index (Phi) is 30.4. The molecular weight excluding hydrogens is 412 g/mol. The number of hydrogen-bond donors (Lipinski definition) is 0. The van der Waals surface area contributed by atoms with Gasteiger partial charge in [-0.15, -0.1) is 0 Å². The monoisotopic (exact) mass is 479 g/mol. The second kappa shape index (κ2) is 30.7. The first-order valence-corrected chi connectivity index (χ1v) is 16.3. The molecule has 0 aromatic rings. The molecule has 0 heterocycles. The maximum absolute atomic E-state index is 12.0. The van der Waals surface area contributed by atoms with Gasteiger partial charge in [-0.05, 0) is 12.8 Å². The van der Waals surface area contributed by atoms with Crippen LogP contribution in [-0.4, -0.2) is 5.78 Å². The Balaban J connectivity index is 3.11. The highest BCUT2D eigenvalue weighted by Gasteiger charge is 2.02. The average Bonchev–Trinajstić information content (AvgIpc) is 2.84. The summed E-state index contributed by atoms with van der Waals surface area (Å²) in [6.07, 6.45) is 40.6. The van der Waals surface area contributed by atoms with Gasteiger partial charge in [0.2, 0.25) is 0 Å². The van der Waals surface area contributed by atoms with Crippen LogP contribution in [0, 0.1) is 0 Å². The van der Waals surface area contributed by atoms with Crippen LogP contribution in [0.1, 0.15) is 206 Å². The fourth-order valence-corrected chi connectivity index (χ4v) is 5.16. The summed E-state index contributed by atoms with van der Waals surface area (Å²) in [5, 5.41) is 0. The van der Waals surface area contributed by atoms with Crippen LogP contribution >= 0.6 is 0 Å². The van der Waals surface area contributed by atoms with Crippen LogP contribution in [0.4, 0.5) is 0 Å². The summed E-state index contributed by atoms with van der Waals surface area (Å²) < 4.78 is 0. The van der Waals surface area contributed by atoms with Crippen LogP contribution in [0.15, 0.2) is 0 Å². The largest absolute Gasteiger partial charge is 0.300 e. The maximum atomic E-state index is 12.0. The van der Waals surface area contributed by atoms with Crippen molar-refractivity contribution in [3.63, 3.8) is 0 Å². The number of hydrogen-bond acceptors (Lipinski definition) is 1. The van der Waals surface area contributed by atoms with E-state index in [-0.39, 0.29) is 0 Å². The highest BCUT2D eigenvalue weighted by Crippen LogP contribution is 2.16. The molecule has 0 aliphatic carbocycles. The number of unbranched alkanes of at least 4 members (excludes halogenated alkanes) is 26. The average molecular weight is 479 g/mol. The number of Topliss-reactive ketones (excluding diaryl/α,β-unsaturated/α-hetero) is 1. The van der Waals surface area contributed by atoms with Gasteiger partial charge in [0, 0.05) is 12.8 Å². The molecule has 0 rings (SSSR count). The summed E-state index contributed by atoms with van der Waals surface area (Å²) in [6.45, 7) is 4.57. The minimum absolute atomic E-state index is 0.522. The molecule has 0 spiro atoms. The molecule has 0 amide bonds. The van der Waals surface area contributed by atoms with Crippen LogP contribution < -0.4 is 0 Å². The Morgan fingerprint density at radius 2 is 0.471 bits per heavy atom. The molecule has 0 fully saturated rings. The predicted octanol–water partition coefficient (Wildman–Crippen LogP) is 12.3. The quantitative estimate of drug-likeness (QED) is 0.0938. The van der Waals surface area contributed by atoms with Gasteiger partial charge < -0.3 is 0 Å². The summed E-state index contributed by atoms with van der Waals surface area (Å²) in [5.74, 6) is 0.522. The molecule has 1 heteroatoms. The van der Waals surface area contributed by atoms with Crippen molar-refractivity contribution in [2.75, 3.05) is 0 Å². The Labute approximate surface area is 217 Å². The van der Waals surface area contributed by atoms with Crippen LogP contribution in [0.25, 0.3) is 0 Å². The van der Waals surface area contributed by atoms with Gasteiger partial charge in [-0.2, -0.15) is 0 Å². The Morgan fingerprint density at radius 3 is 0.676 bits per heavy atom. The number of carbonyl (C=O) groups is 1. The molecule has 204 valence electrons. The Morgan fingerprint density at radius 1 is 0.294 bits per heavy atom. The van der Waals surface area contributed by atoms with Gasteiger partial charge >= 0.3 is 0 Å². The Hall–Kier alpha value is -0.330. The van der Waals surface area contributed by atoms with Crippen LogP contribution in [-0.2, 0) is 4.79 Å². The molecule has 0 unspecified atom stereocenters. The molecule has 0 atom stereocenters. The van der Waals surface area contributed by atoms with E-state index >= 15 is 0 Å². The fourth-order valence-electron chi connectivity index (χ4n) is 5.16. The van der Waals surface area contributed by atoms with Gasteiger partial charge in [-0.25, -0.2) is 0 Å². The van der Waals surface area contributed by atoms with Gasteiger partial charge in [-0.1, -0.05) is 181 Å². The molecule has 1 nitrogen and oxygen atoms in total. The van der Waals surface area contributed by atoms with Gasteiger partial charge in [0.15, 0.2) is 0 Å². The van der Waals surface area contributed by atoms with Crippen molar-refractivity contribution in [2.45, 2.75) is 206 Å². The molecular formula is C33H66O. The zero-order chi connectivity index (χ0) is 24.8. The zero-order valence-corrected chi connectivity index (χ0v) is 24.1. The molecule has 0 bridgehead atoms. The standard InChI is InChI=1S/C33H66O/c1-3-5-7-9-11-13-14-15-16-17-18-19-20-21-22-23-24-26-28-30-32-33(34)31-29-27-25-12-10-8-6-4-2/h3-32H2,1-2H3. The molecule has 0 radical (unpaired) electrons. The summed E-state index contributed by atoms with van der Waals surface area (Å²) in [7, 11) is 0. The van der Waals surface area contributed by atoms with E-state index < -0.39 is 0 Å². The summed E-state index contributed by atoms with van der Waals surface area (Å²) in [6, 6.07) is 0. The predicted molar refractivity (Wildman–Crippen MR) is 155 cm³/mol. The van der Waals surface area contributed by atoms with Crippen molar-refractivity contribution in [3.05, 3.63) is 0 Å². The summed E-state index contributed by atoms with van der Waals surface area (Å²) in [5.41, 5.74) is 0. The van der Waals surface area contributed by atoms with Gasteiger partial charge in [0.05, 0.1) is 0 Å². The molecule has 0 N–H and O–H groups in total. The summed E-state index contributed by atoms with van der Waals surface area (Å²) in [4.78, 5) is 12.0. The lowest BCUT2D eigenvalue weighted by Crippen LogP contribution is -1.97. The van der Waals surface area contributed by atoms with E-state index in [1.54, 1.807) is 0 Å². The first-order chi connectivity index (χ1) is 16.8. The maximum Gasteiger partial charge on any atom is 0.132 e. The van der Waals surface area contributed by atoms with Crippen molar-refractivity contribution in [2.24, 2.45) is 0 Å². The third-order valence-corrected chi connectivity index (χ3v) is 7.62. The SMILES string of the molecule is CCCCCCCCCCCCCCCCCCCCCCC(=O)CCCCCCCCCC. The van der Waals surface area contributed by atoms with E-state index in [0.717, 1.165) is 25.7 Å². The van der Waals surface area contributed by atoms with E-state index in [1.807, 2.05) is 0 Å². The van der Waals surface area contributed by atoms with E-state index in [4.69, 9.17) is 0 Å². The van der Waals surface area contributed by atoms with E-state index in [9.17, 15) is 4.79 Å². The number of rotatable bonds is 30. The van der Waals surface area contributed by atoms with Crippen molar-refractivity contribution in [1.82, 2.24) is 0 Å². The lowest BCUT2D eigenvalue weighted by atomic mass is 10.0. The van der Waals surface area contributed by atoms with E-state index in [2.05, 4.69) is 13.8 Å². The van der Waals surface area contributed by atoms with Crippen molar-refractivity contribution < 1.29 is 4.79 Å². The zero-order valence-electron chi connectivity index (χ0n) is 24.1. The second-order valence-corrected chi connectivity index (χ2v) is 11.2. The second-order valence-electron chi connectivity index (χ2n) is 11.2. The number of carbonyl (C=O) groups excluding carboxylic acids is 1. The van der Waals surface area contributed by atoms with Gasteiger partial charge in [0.25, 0.3) is 0 Å². The molecule has 0 aromatic heterocycles. The minimum atomic E-state index is 0.522. The first-order valence-electron chi connectivity index (χ1n) is 16.3. The van der Waals surface area contributed by atoms with Crippen molar-refractivity contribution in [1.29, 1.82) is 0 Å². The van der Waals surface area contributed by atoms with Crippen LogP contribution in [0.2, 0.25) is 0 Å². The van der Waals surface area contributed by atoms with E-state index in [0.29, 0.717) is 5.78 Å². The van der Waals surface area contributed by atoms with Crippen LogP contribution in [0.3, 0.4) is 0 Å². The third kappa shape index (κ3) is 29.7. The lowest BCUT2D eigenvalue weighted by molar-refractivity contribution is -0.119. The lowest BCUT2D eigenvalue weighted by Gasteiger charge is -2.04. The molecule has 34 heavy (non-hydrogen) atoms. The molecule has 0 saturated heterocycles. The highest BCUT2D eigenvalue weighted by molar-refractivity contribution is 5.78. The third-order valence-electron chi connectivity index (χ3n) is 7.62. The molecule has 0 aliphatic heterocycles. The summed E-state index contributed by atoms with van der Waals surface area (Å²) >= 11 is 0. The molecule has 0 aromatic carbocycles. The van der Waals surface area contributed by atoms with Gasteiger partial charge in [-0.3, -0.25) is 4.79 Å². The van der Waals surface area contributed by atoms with E-state index in [1.165, 1.54) is 167 Å². The van der Waals surface area contributed by atoms with Gasteiger partial charge in [0.1, 0.15) is 5.78 Å². The number of ketones is 1. The normalized spacial score (nSPS) is 11.4. The van der Waals surface area contributed by atoms with Crippen LogP contribution in [0.5, 0.6) is 0 Å². The Bertz CT molecular complexity index is 375. The van der Waals surface area contributed by atoms with Crippen molar-refractivity contribution in [3.8, 4) is 0 Å². The fraction of sp³-hybridized carbons (Fsp3) is 0.970. The molecule has 0 saturated carbocycles. The van der Waals surface area contributed by atoms with Crippen molar-refractivity contribution >= 4 is 5.78 Å².